The van der Waals surface area contributed by atoms with Crippen LogP contribution >= 0.6 is 0 Å². The van der Waals surface area contributed by atoms with Crippen molar-refractivity contribution in [2.75, 3.05) is 5.32 Å². The fraction of sp³-hybridized carbons (Fsp3) is 0.500. The maximum absolute atomic E-state index is 12.5. The van der Waals surface area contributed by atoms with E-state index < -0.39 is 0 Å². The van der Waals surface area contributed by atoms with Crippen molar-refractivity contribution in [3.63, 3.8) is 0 Å². The van der Waals surface area contributed by atoms with Crippen LogP contribution in [-0.4, -0.2) is 30.2 Å². The Bertz CT molecular complexity index is 1080. The zero-order valence-electron chi connectivity index (χ0n) is 16.6. The van der Waals surface area contributed by atoms with Crippen LogP contribution in [-0.2, 0) is 29.7 Å². The average Bonchev–Trinajstić information content (AvgIpc) is 3.08. The molecule has 1 amide bonds. The van der Waals surface area contributed by atoms with Crippen LogP contribution in [0.4, 0.5) is 5.69 Å². The number of carbonyl (C=O) groups is 1. The molecule has 0 spiro atoms. The minimum Gasteiger partial charge on any atom is -0.341 e. The Morgan fingerprint density at radius 1 is 1.25 bits per heavy atom. The number of aromatic amines is 1. The summed E-state index contributed by atoms with van der Waals surface area (Å²) in [6.07, 6.45) is 3.90. The third-order valence-corrected chi connectivity index (χ3v) is 5.05. The van der Waals surface area contributed by atoms with E-state index in [1.165, 1.54) is 4.68 Å². The predicted molar refractivity (Wildman–Crippen MR) is 107 cm³/mol. The van der Waals surface area contributed by atoms with Gasteiger partial charge in [0.25, 0.3) is 0 Å². The van der Waals surface area contributed by atoms with Gasteiger partial charge in [-0.15, -0.1) is 0 Å². The highest BCUT2D eigenvalue weighted by Gasteiger charge is 2.19. The molecule has 0 atom stereocenters. The summed E-state index contributed by atoms with van der Waals surface area (Å²) >= 11 is 0. The Labute approximate surface area is 163 Å². The molecule has 1 aromatic carbocycles. The van der Waals surface area contributed by atoms with Gasteiger partial charge in [0.1, 0.15) is 18.2 Å². The molecule has 28 heavy (non-hydrogen) atoms. The van der Waals surface area contributed by atoms with Crippen molar-refractivity contribution < 1.29 is 4.79 Å². The van der Waals surface area contributed by atoms with Gasteiger partial charge < -0.3 is 10.3 Å². The van der Waals surface area contributed by atoms with Crippen molar-refractivity contribution in [3.8, 4) is 0 Å². The van der Waals surface area contributed by atoms with Crippen LogP contribution < -0.4 is 11.0 Å². The Morgan fingerprint density at radius 3 is 2.86 bits per heavy atom. The molecule has 8 nitrogen and oxygen atoms in total. The van der Waals surface area contributed by atoms with Crippen LogP contribution in [0, 0.1) is 0 Å². The van der Waals surface area contributed by atoms with Crippen LogP contribution in [0.5, 0.6) is 0 Å². The molecule has 8 heteroatoms. The summed E-state index contributed by atoms with van der Waals surface area (Å²) in [5, 5.41) is 7.22. The van der Waals surface area contributed by atoms with Gasteiger partial charge >= 0.3 is 5.69 Å². The molecule has 148 valence electrons. The van der Waals surface area contributed by atoms with Crippen molar-refractivity contribution in [2.45, 2.75) is 65.0 Å². The molecule has 3 heterocycles. The van der Waals surface area contributed by atoms with Gasteiger partial charge in [-0.3, -0.25) is 9.36 Å². The highest BCUT2D eigenvalue weighted by Crippen LogP contribution is 2.24. The highest BCUT2D eigenvalue weighted by atomic mass is 16.2. The van der Waals surface area contributed by atoms with Crippen LogP contribution in [0.3, 0.4) is 0 Å². The fourth-order valence-electron chi connectivity index (χ4n) is 3.51. The normalized spacial score (nSPS) is 14.7. The largest absolute Gasteiger partial charge is 0.346 e. The Hall–Kier alpha value is -2.90. The van der Waals surface area contributed by atoms with E-state index in [-0.39, 0.29) is 23.6 Å². The number of aromatic nitrogens is 5. The molecule has 0 fully saturated rings. The maximum Gasteiger partial charge on any atom is 0.346 e. The number of rotatable bonds is 3. The Kier molecular flexibility index (Phi) is 4.56. The lowest BCUT2D eigenvalue weighted by Crippen LogP contribution is -2.30. The topological polar surface area (TPSA) is 97.6 Å². The molecule has 4 rings (SSSR count). The van der Waals surface area contributed by atoms with Crippen molar-refractivity contribution in [3.05, 3.63) is 40.3 Å². The second-order valence-corrected chi connectivity index (χ2v) is 8.43. The standard InChI is InChI=1S/C20H26N6O2/c1-20(2,3)18-22-14-9-8-13(11-15(14)23-18)21-17(27)12-26-19(28)25-10-6-4-5-7-16(25)24-26/h8-9,11H,4-7,10,12H2,1-3H3,(H,21,27)(H,22,23). The number of carbonyl (C=O) groups excluding carboxylic acids is 1. The predicted octanol–water partition coefficient (Wildman–Crippen LogP) is 2.58. The van der Waals surface area contributed by atoms with E-state index in [2.05, 4.69) is 41.2 Å². The van der Waals surface area contributed by atoms with Crippen LogP contribution in [0.1, 0.15) is 51.7 Å². The molecule has 0 unspecified atom stereocenters. The van der Waals surface area contributed by atoms with E-state index in [9.17, 15) is 9.59 Å². The lowest BCUT2D eigenvalue weighted by Gasteiger charge is -2.13. The smallest absolute Gasteiger partial charge is 0.341 e. The molecule has 0 aliphatic carbocycles. The Morgan fingerprint density at radius 2 is 2.07 bits per heavy atom. The third kappa shape index (κ3) is 3.58. The van der Waals surface area contributed by atoms with Gasteiger partial charge in [-0.05, 0) is 31.0 Å². The van der Waals surface area contributed by atoms with Crippen LogP contribution in [0.25, 0.3) is 11.0 Å². The fourth-order valence-corrected chi connectivity index (χ4v) is 3.51. The first-order valence-corrected chi connectivity index (χ1v) is 9.78. The van der Waals surface area contributed by atoms with Crippen LogP contribution in [0.15, 0.2) is 23.0 Å². The molecule has 0 bridgehead atoms. The summed E-state index contributed by atoms with van der Waals surface area (Å²) in [7, 11) is 0. The molecular formula is C20H26N6O2. The zero-order valence-corrected chi connectivity index (χ0v) is 16.6. The number of hydrogen-bond acceptors (Lipinski definition) is 4. The van der Waals surface area contributed by atoms with Crippen molar-refractivity contribution in [1.29, 1.82) is 0 Å². The van der Waals surface area contributed by atoms with Gasteiger partial charge in [-0.2, -0.15) is 5.10 Å². The minimum atomic E-state index is -0.273. The number of amides is 1. The van der Waals surface area contributed by atoms with E-state index in [0.717, 1.165) is 48.4 Å². The van der Waals surface area contributed by atoms with Gasteiger partial charge in [-0.1, -0.05) is 27.2 Å². The summed E-state index contributed by atoms with van der Waals surface area (Å²) in [6.45, 7) is 6.88. The van der Waals surface area contributed by atoms with Crippen LogP contribution in [0.2, 0.25) is 0 Å². The van der Waals surface area contributed by atoms with Crippen molar-refractivity contribution in [2.24, 2.45) is 0 Å². The zero-order chi connectivity index (χ0) is 19.9. The number of H-pyrrole nitrogens is 1. The summed E-state index contributed by atoms with van der Waals surface area (Å²) in [5.74, 6) is 1.41. The third-order valence-electron chi connectivity index (χ3n) is 5.05. The number of aryl methyl sites for hydroxylation is 1. The highest BCUT2D eigenvalue weighted by molar-refractivity contribution is 5.92. The molecule has 0 radical (unpaired) electrons. The van der Waals surface area contributed by atoms with E-state index in [1.807, 2.05) is 18.2 Å². The second-order valence-electron chi connectivity index (χ2n) is 8.43. The molecule has 0 saturated heterocycles. The van der Waals surface area contributed by atoms with Gasteiger partial charge in [0.15, 0.2) is 0 Å². The average molecular weight is 382 g/mol. The van der Waals surface area contributed by atoms with Crippen molar-refractivity contribution >= 4 is 22.6 Å². The summed E-state index contributed by atoms with van der Waals surface area (Å²) in [6, 6.07) is 5.56. The minimum absolute atomic E-state index is 0.0806. The maximum atomic E-state index is 12.5. The summed E-state index contributed by atoms with van der Waals surface area (Å²) in [5.41, 5.74) is 2.11. The SMILES string of the molecule is CC(C)(C)c1nc2ccc(NC(=O)Cn3nc4n(c3=O)CCCCC4)cc2[nH]1. The second kappa shape index (κ2) is 6.92. The van der Waals surface area contributed by atoms with E-state index >= 15 is 0 Å². The first-order valence-electron chi connectivity index (χ1n) is 9.78. The van der Waals surface area contributed by atoms with E-state index in [1.54, 1.807) is 4.57 Å². The summed E-state index contributed by atoms with van der Waals surface area (Å²) < 4.78 is 2.97. The first-order chi connectivity index (χ1) is 13.3. The molecule has 1 aliphatic rings. The number of anilines is 1. The monoisotopic (exact) mass is 382 g/mol. The molecule has 2 N–H and O–H groups in total. The van der Waals surface area contributed by atoms with E-state index in [0.29, 0.717) is 12.2 Å². The van der Waals surface area contributed by atoms with Gasteiger partial charge in [0.05, 0.1) is 11.0 Å². The number of nitrogens with one attached hydrogen (secondary N) is 2. The molecule has 2 aromatic heterocycles. The number of benzene rings is 1. The number of hydrogen-bond donors (Lipinski definition) is 2. The lowest BCUT2D eigenvalue weighted by molar-refractivity contribution is -0.117. The number of imidazole rings is 1. The van der Waals surface area contributed by atoms with Gasteiger partial charge in [0.2, 0.25) is 5.91 Å². The Balaban J connectivity index is 1.50. The quantitative estimate of drug-likeness (QED) is 0.727. The lowest BCUT2D eigenvalue weighted by atomic mass is 9.96. The molecular weight excluding hydrogens is 356 g/mol. The first kappa shape index (κ1) is 18.5. The summed E-state index contributed by atoms with van der Waals surface area (Å²) in [4.78, 5) is 32.9. The van der Waals surface area contributed by atoms with E-state index in [4.69, 9.17) is 0 Å². The van der Waals surface area contributed by atoms with Gasteiger partial charge in [0, 0.05) is 24.1 Å². The molecule has 1 aliphatic heterocycles. The number of fused-ring (bicyclic) bond motifs is 2. The van der Waals surface area contributed by atoms with Crippen molar-refractivity contribution in [1.82, 2.24) is 24.3 Å². The molecule has 3 aromatic rings. The van der Waals surface area contributed by atoms with Gasteiger partial charge in [-0.25, -0.2) is 14.5 Å². The molecule has 0 saturated carbocycles. The number of nitrogens with zero attached hydrogens (tertiary/aromatic N) is 4.